The molecule has 0 amide bonds. The Bertz CT molecular complexity index is 932. The fourth-order valence-electron chi connectivity index (χ4n) is 2.00. The van der Waals surface area contributed by atoms with E-state index < -0.39 is 17.3 Å². The molecule has 0 saturated heterocycles. The van der Waals surface area contributed by atoms with Crippen LogP contribution in [0.25, 0.3) is 11.1 Å². The second-order valence-corrected chi connectivity index (χ2v) is 4.25. The first kappa shape index (κ1) is 14.6. The Morgan fingerprint density at radius 3 is 2.36 bits per heavy atom. The summed E-state index contributed by atoms with van der Waals surface area (Å²) >= 11 is 0. The molecular weight excluding hydrogens is 288 g/mol. The second-order valence-electron chi connectivity index (χ2n) is 4.25. The number of nitriles is 2. The zero-order chi connectivity index (χ0) is 16.4. The Morgan fingerprint density at radius 2 is 1.86 bits per heavy atom. The highest BCUT2D eigenvalue weighted by molar-refractivity contribution is 5.92. The summed E-state index contributed by atoms with van der Waals surface area (Å²) in [5.74, 6) is -2.12. The zero-order valence-electron chi connectivity index (χ0n) is 10.9. The van der Waals surface area contributed by atoms with E-state index in [0.29, 0.717) is 0 Å². The van der Waals surface area contributed by atoms with Crippen LogP contribution in [0.4, 0.5) is 5.82 Å². The minimum absolute atomic E-state index is 0.0570. The van der Waals surface area contributed by atoms with Crippen LogP contribution in [0.1, 0.15) is 21.5 Å². The average molecular weight is 296 g/mol. The number of nitrogen functional groups attached to an aromatic ring is 1. The number of nitrogens with zero attached hydrogens (tertiary/aromatic N) is 2. The molecule has 0 bridgehead atoms. The Kier molecular flexibility index (Phi) is 3.53. The van der Waals surface area contributed by atoms with Crippen LogP contribution in [0.5, 0.6) is 5.75 Å². The largest absolute Gasteiger partial charge is 0.507 e. The van der Waals surface area contributed by atoms with Crippen molar-refractivity contribution < 1.29 is 15.0 Å². The number of anilines is 1. The summed E-state index contributed by atoms with van der Waals surface area (Å²) in [6, 6.07) is 6.89. The standard InChI is InChI=1S/C14H8N4O4/c15-4-8-11(9(5-16)13(20)18-12(8)17)6-1-2-7(14(21)22)10(19)3-6/h1-3,19H,(H,21,22)(H3,17,18,20). The van der Waals surface area contributed by atoms with Gasteiger partial charge in [-0.15, -0.1) is 0 Å². The highest BCUT2D eigenvalue weighted by atomic mass is 16.4. The molecule has 0 fully saturated rings. The summed E-state index contributed by atoms with van der Waals surface area (Å²) in [6.45, 7) is 0. The van der Waals surface area contributed by atoms with Crippen molar-refractivity contribution >= 4 is 11.8 Å². The predicted molar refractivity (Wildman–Crippen MR) is 75.0 cm³/mol. The lowest BCUT2D eigenvalue weighted by Gasteiger charge is -2.10. The van der Waals surface area contributed by atoms with Crippen LogP contribution in [-0.2, 0) is 0 Å². The number of carboxylic acid groups (broad SMARTS) is 1. The molecule has 0 saturated carbocycles. The van der Waals surface area contributed by atoms with Gasteiger partial charge in [0.2, 0.25) is 0 Å². The van der Waals surface area contributed by atoms with Gasteiger partial charge in [-0.25, -0.2) is 4.79 Å². The lowest BCUT2D eigenvalue weighted by atomic mass is 9.95. The van der Waals surface area contributed by atoms with E-state index in [9.17, 15) is 14.7 Å². The van der Waals surface area contributed by atoms with E-state index in [1.165, 1.54) is 6.07 Å². The molecule has 0 aliphatic carbocycles. The number of benzene rings is 1. The number of carboxylic acids is 1. The predicted octanol–water partition coefficient (Wildman–Crippen LogP) is 0.771. The molecule has 8 nitrogen and oxygen atoms in total. The first-order chi connectivity index (χ1) is 10.4. The summed E-state index contributed by atoms with van der Waals surface area (Å²) in [5, 5.41) is 36.9. The fraction of sp³-hybridized carbons (Fsp3) is 0. The summed E-state index contributed by atoms with van der Waals surface area (Å²) < 4.78 is 0. The number of H-pyrrole nitrogens is 1. The normalized spacial score (nSPS) is 9.73. The minimum Gasteiger partial charge on any atom is -0.507 e. The first-order valence-electron chi connectivity index (χ1n) is 5.83. The lowest BCUT2D eigenvalue weighted by molar-refractivity contribution is 0.0694. The van der Waals surface area contributed by atoms with Gasteiger partial charge in [0.1, 0.15) is 40.4 Å². The number of nitrogens with two attached hydrogens (primary N) is 1. The smallest absolute Gasteiger partial charge is 0.339 e. The Morgan fingerprint density at radius 1 is 1.23 bits per heavy atom. The number of aromatic amines is 1. The number of nitrogens with one attached hydrogen (secondary N) is 1. The quantitative estimate of drug-likeness (QED) is 0.635. The molecule has 0 aliphatic rings. The van der Waals surface area contributed by atoms with Crippen LogP contribution < -0.4 is 11.3 Å². The van der Waals surface area contributed by atoms with Crippen molar-refractivity contribution in [2.45, 2.75) is 0 Å². The van der Waals surface area contributed by atoms with Gasteiger partial charge in [-0.1, -0.05) is 6.07 Å². The van der Waals surface area contributed by atoms with Crippen molar-refractivity contribution in [3.63, 3.8) is 0 Å². The van der Waals surface area contributed by atoms with Crippen molar-refractivity contribution in [3.8, 4) is 29.0 Å². The van der Waals surface area contributed by atoms with Crippen molar-refractivity contribution in [1.82, 2.24) is 4.98 Å². The van der Waals surface area contributed by atoms with E-state index >= 15 is 0 Å². The number of aromatic carboxylic acids is 1. The molecular formula is C14H8N4O4. The van der Waals surface area contributed by atoms with Crippen LogP contribution in [0.2, 0.25) is 0 Å². The summed E-state index contributed by atoms with van der Waals surface area (Å²) in [4.78, 5) is 24.8. The van der Waals surface area contributed by atoms with Crippen molar-refractivity contribution in [3.05, 3.63) is 45.2 Å². The van der Waals surface area contributed by atoms with E-state index in [4.69, 9.17) is 21.4 Å². The van der Waals surface area contributed by atoms with E-state index in [-0.39, 0.29) is 33.6 Å². The van der Waals surface area contributed by atoms with Gasteiger partial charge in [0.15, 0.2) is 0 Å². The lowest BCUT2D eigenvalue weighted by Crippen LogP contribution is -2.16. The number of aromatic hydroxyl groups is 1. The molecule has 0 radical (unpaired) electrons. The molecule has 108 valence electrons. The molecule has 1 heterocycles. The summed E-state index contributed by atoms with van der Waals surface area (Å²) in [7, 11) is 0. The maximum absolute atomic E-state index is 11.8. The van der Waals surface area contributed by atoms with Gasteiger partial charge in [-0.3, -0.25) is 4.79 Å². The Balaban J connectivity index is 2.87. The molecule has 2 rings (SSSR count). The molecule has 22 heavy (non-hydrogen) atoms. The number of hydrogen-bond acceptors (Lipinski definition) is 6. The van der Waals surface area contributed by atoms with Gasteiger partial charge in [-0.2, -0.15) is 10.5 Å². The molecule has 1 aromatic carbocycles. The molecule has 0 spiro atoms. The number of carbonyl (C=O) groups is 1. The minimum atomic E-state index is -1.34. The average Bonchev–Trinajstić information content (AvgIpc) is 2.46. The van der Waals surface area contributed by atoms with Gasteiger partial charge < -0.3 is 20.9 Å². The summed E-state index contributed by atoms with van der Waals surface area (Å²) in [5.41, 5.74) is 4.02. The summed E-state index contributed by atoms with van der Waals surface area (Å²) in [6.07, 6.45) is 0. The SMILES string of the molecule is N#Cc1c(N)[nH]c(=O)c(C#N)c1-c1ccc(C(=O)O)c(O)c1. The van der Waals surface area contributed by atoms with Crippen LogP contribution in [0.15, 0.2) is 23.0 Å². The molecule has 5 N–H and O–H groups in total. The van der Waals surface area contributed by atoms with Crippen LogP contribution in [-0.4, -0.2) is 21.2 Å². The Labute approximate surface area is 123 Å². The van der Waals surface area contributed by atoms with Gasteiger partial charge in [-0.05, 0) is 17.7 Å². The number of phenols is 1. The Hall–Kier alpha value is -3.78. The molecule has 0 unspecified atom stereocenters. The van der Waals surface area contributed by atoms with Gasteiger partial charge in [0.05, 0.1) is 0 Å². The molecule has 1 aromatic heterocycles. The van der Waals surface area contributed by atoms with Crippen LogP contribution >= 0.6 is 0 Å². The number of hydrogen-bond donors (Lipinski definition) is 4. The fourth-order valence-corrected chi connectivity index (χ4v) is 2.00. The molecule has 8 heteroatoms. The highest BCUT2D eigenvalue weighted by Crippen LogP contribution is 2.31. The van der Waals surface area contributed by atoms with Gasteiger partial charge in [0, 0.05) is 5.56 Å². The van der Waals surface area contributed by atoms with E-state index in [2.05, 4.69) is 4.98 Å². The first-order valence-corrected chi connectivity index (χ1v) is 5.83. The third kappa shape index (κ3) is 2.21. The number of aromatic nitrogens is 1. The maximum Gasteiger partial charge on any atom is 0.339 e. The maximum atomic E-state index is 11.8. The third-order valence-electron chi connectivity index (χ3n) is 2.99. The van der Waals surface area contributed by atoms with Gasteiger partial charge >= 0.3 is 5.97 Å². The molecule has 0 atom stereocenters. The second kappa shape index (κ2) is 5.31. The number of pyridine rings is 1. The van der Waals surface area contributed by atoms with Crippen LogP contribution in [0, 0.1) is 22.7 Å². The van der Waals surface area contributed by atoms with E-state index in [0.717, 1.165) is 12.1 Å². The topological polar surface area (TPSA) is 164 Å². The van der Waals surface area contributed by atoms with Gasteiger partial charge in [0.25, 0.3) is 5.56 Å². The van der Waals surface area contributed by atoms with E-state index in [1.54, 1.807) is 12.1 Å². The number of rotatable bonds is 2. The highest BCUT2D eigenvalue weighted by Gasteiger charge is 2.20. The van der Waals surface area contributed by atoms with Crippen molar-refractivity contribution in [2.75, 3.05) is 5.73 Å². The zero-order valence-corrected chi connectivity index (χ0v) is 10.9. The monoisotopic (exact) mass is 296 g/mol. The van der Waals surface area contributed by atoms with Crippen LogP contribution in [0.3, 0.4) is 0 Å². The van der Waals surface area contributed by atoms with Crippen molar-refractivity contribution in [1.29, 1.82) is 10.5 Å². The van der Waals surface area contributed by atoms with E-state index in [1.807, 2.05) is 0 Å². The molecule has 0 aliphatic heterocycles. The van der Waals surface area contributed by atoms with Crippen molar-refractivity contribution in [2.24, 2.45) is 0 Å². The molecule has 2 aromatic rings. The third-order valence-corrected chi connectivity index (χ3v) is 2.99.